The van der Waals surface area contributed by atoms with Crippen molar-refractivity contribution in [2.75, 3.05) is 0 Å². The van der Waals surface area contributed by atoms with E-state index >= 15 is 0 Å². The highest BCUT2D eigenvalue weighted by atomic mass is 19.1. The molecule has 0 aliphatic rings. The molecule has 0 fully saturated rings. The first-order chi connectivity index (χ1) is 9.81. The van der Waals surface area contributed by atoms with Gasteiger partial charge in [0.1, 0.15) is 11.6 Å². The summed E-state index contributed by atoms with van der Waals surface area (Å²) in [5, 5.41) is 0. The van der Waals surface area contributed by atoms with Gasteiger partial charge in [-0.25, -0.2) is 19.3 Å². The molecule has 0 atom stereocenters. The maximum Gasteiger partial charge on any atom is 0.321 e. The molecule has 0 unspecified atom stereocenters. The van der Waals surface area contributed by atoms with Crippen LogP contribution in [0.25, 0.3) is 11.1 Å². The van der Waals surface area contributed by atoms with Crippen LogP contribution in [0.2, 0.25) is 0 Å². The first kappa shape index (κ1) is 12.2. The fourth-order valence-corrected chi connectivity index (χ4v) is 1.70. The summed E-state index contributed by atoms with van der Waals surface area (Å²) in [6.07, 6.45) is 7.04. The number of rotatable bonds is 3. The van der Waals surface area contributed by atoms with Gasteiger partial charge >= 0.3 is 6.01 Å². The van der Waals surface area contributed by atoms with Gasteiger partial charge in [0.2, 0.25) is 0 Å². The van der Waals surface area contributed by atoms with Gasteiger partial charge in [-0.15, -0.1) is 0 Å². The van der Waals surface area contributed by atoms with Crippen LogP contribution in [-0.4, -0.2) is 9.97 Å². The Balaban J connectivity index is 1.78. The molecule has 0 spiro atoms. The van der Waals surface area contributed by atoms with Crippen LogP contribution < -0.4 is 9.72 Å². The Bertz CT molecular complexity index is 685. The van der Waals surface area contributed by atoms with Gasteiger partial charge < -0.3 is 4.74 Å². The van der Waals surface area contributed by atoms with E-state index in [-0.39, 0.29) is 11.8 Å². The Morgan fingerprint density at radius 2 is 1.70 bits per heavy atom. The number of hydrogen-bond donors (Lipinski definition) is 0. The summed E-state index contributed by atoms with van der Waals surface area (Å²) in [5.74, 6) is 0.182. The molecule has 3 rings (SSSR count). The molecule has 0 aliphatic carbocycles. The van der Waals surface area contributed by atoms with E-state index in [9.17, 15) is 4.39 Å². The van der Waals surface area contributed by atoms with Crippen molar-refractivity contribution < 1.29 is 14.1 Å². The van der Waals surface area contributed by atoms with Crippen molar-refractivity contribution in [1.29, 1.82) is 0 Å². The van der Waals surface area contributed by atoms with Crippen LogP contribution in [0.1, 0.15) is 0 Å². The quantitative estimate of drug-likeness (QED) is 0.733. The van der Waals surface area contributed by atoms with Crippen LogP contribution >= 0.6 is 0 Å². The number of pyridine rings is 1. The molecule has 0 radical (unpaired) electrons. The summed E-state index contributed by atoms with van der Waals surface area (Å²) in [6, 6.07) is 9.78. The lowest BCUT2D eigenvalue weighted by Crippen LogP contribution is -1.99. The molecule has 5 heteroatoms. The lowest BCUT2D eigenvalue weighted by molar-refractivity contribution is -0.377. The number of aromatic nitrogens is 3. The Hall–Kier alpha value is -2.82. The molecule has 3 aromatic rings. The lowest BCUT2D eigenvalue weighted by atomic mass is 10.2. The van der Waals surface area contributed by atoms with Gasteiger partial charge in [-0.05, 0) is 30.3 Å². The third-order valence-electron chi connectivity index (χ3n) is 2.69. The van der Waals surface area contributed by atoms with Crippen LogP contribution in [0, 0.1) is 5.82 Å². The zero-order valence-corrected chi connectivity index (χ0v) is 10.5. The van der Waals surface area contributed by atoms with E-state index < -0.39 is 0 Å². The largest absolute Gasteiger partial charge is 0.424 e. The predicted molar refractivity (Wildman–Crippen MR) is 70.5 cm³/mol. The molecule has 0 amide bonds. The minimum atomic E-state index is -0.311. The second-order valence-corrected chi connectivity index (χ2v) is 4.10. The molecular weight excluding hydrogens is 257 g/mol. The maximum absolute atomic E-state index is 12.8. The van der Waals surface area contributed by atoms with Crippen LogP contribution in [0.15, 0.2) is 61.2 Å². The third kappa shape index (κ3) is 2.77. The second-order valence-electron chi connectivity index (χ2n) is 4.10. The Kier molecular flexibility index (Phi) is 3.33. The number of benzene rings is 1. The maximum atomic E-state index is 12.8. The highest BCUT2D eigenvalue weighted by molar-refractivity contribution is 5.59. The molecule has 4 nitrogen and oxygen atoms in total. The number of halogens is 1. The Morgan fingerprint density at radius 3 is 2.35 bits per heavy atom. The molecule has 98 valence electrons. The van der Waals surface area contributed by atoms with E-state index in [1.165, 1.54) is 24.3 Å². The summed E-state index contributed by atoms with van der Waals surface area (Å²) >= 11 is 0. The predicted octanol–water partition coefficient (Wildman–Crippen LogP) is 2.89. The molecule has 1 N–H and O–H groups in total. The number of nitrogens with zero attached hydrogens (tertiary/aromatic N) is 2. The number of H-pyrrole nitrogens is 1. The Morgan fingerprint density at radius 1 is 0.950 bits per heavy atom. The van der Waals surface area contributed by atoms with Gasteiger partial charge in [-0.3, -0.25) is 0 Å². The van der Waals surface area contributed by atoms with Crippen molar-refractivity contribution >= 4 is 0 Å². The van der Waals surface area contributed by atoms with E-state index in [1.807, 2.05) is 24.5 Å². The zero-order chi connectivity index (χ0) is 13.8. The first-order valence-corrected chi connectivity index (χ1v) is 6.03. The summed E-state index contributed by atoms with van der Waals surface area (Å²) < 4.78 is 18.2. The van der Waals surface area contributed by atoms with Crippen LogP contribution in [0.5, 0.6) is 11.8 Å². The van der Waals surface area contributed by atoms with Crippen molar-refractivity contribution in [3.8, 4) is 22.9 Å². The zero-order valence-electron chi connectivity index (χ0n) is 10.5. The lowest BCUT2D eigenvalue weighted by Gasteiger charge is -2.04. The van der Waals surface area contributed by atoms with Crippen LogP contribution in [0.3, 0.4) is 0 Å². The van der Waals surface area contributed by atoms with Crippen molar-refractivity contribution in [3.63, 3.8) is 0 Å². The van der Waals surface area contributed by atoms with Gasteiger partial charge in [-0.2, -0.15) is 0 Å². The summed E-state index contributed by atoms with van der Waals surface area (Å²) in [5.41, 5.74) is 1.87. The molecule has 0 aliphatic heterocycles. The minimum absolute atomic E-state index is 0.222. The van der Waals surface area contributed by atoms with Gasteiger partial charge in [0, 0.05) is 29.6 Å². The fourth-order valence-electron chi connectivity index (χ4n) is 1.70. The number of nitrogens with one attached hydrogen (secondary N) is 1. The average Bonchev–Trinajstić information content (AvgIpc) is 2.51. The number of hydrogen-bond acceptors (Lipinski definition) is 3. The summed E-state index contributed by atoms with van der Waals surface area (Å²) in [6.45, 7) is 0. The molecule has 0 saturated carbocycles. The van der Waals surface area contributed by atoms with Gasteiger partial charge in [0.25, 0.3) is 0 Å². The average molecular weight is 268 g/mol. The topological polar surface area (TPSA) is 49.2 Å². The summed E-state index contributed by atoms with van der Waals surface area (Å²) in [7, 11) is 0. The monoisotopic (exact) mass is 268 g/mol. The standard InChI is InChI=1S/C15H10FN3O/c16-13-3-5-14(6-4-13)20-15-18-9-12(10-19-15)11-2-1-7-17-8-11/h1-10H/p+1. The first-order valence-electron chi connectivity index (χ1n) is 6.03. The second kappa shape index (κ2) is 5.44. The smallest absolute Gasteiger partial charge is 0.321 e. The van der Waals surface area contributed by atoms with E-state index in [0.717, 1.165) is 11.1 Å². The van der Waals surface area contributed by atoms with Crippen molar-refractivity contribution in [1.82, 2.24) is 9.97 Å². The number of ether oxygens (including phenoxy) is 1. The molecule has 2 heterocycles. The highest BCUT2D eigenvalue weighted by Crippen LogP contribution is 2.20. The molecule has 0 saturated heterocycles. The van der Waals surface area contributed by atoms with E-state index in [2.05, 4.69) is 15.0 Å². The molecule has 1 aromatic carbocycles. The van der Waals surface area contributed by atoms with Gasteiger partial charge in [0.05, 0.1) is 0 Å². The van der Waals surface area contributed by atoms with Gasteiger partial charge in [0.15, 0.2) is 12.4 Å². The van der Waals surface area contributed by atoms with Crippen LogP contribution in [-0.2, 0) is 0 Å². The van der Waals surface area contributed by atoms with Crippen molar-refractivity contribution in [2.45, 2.75) is 0 Å². The van der Waals surface area contributed by atoms with Crippen LogP contribution in [0.4, 0.5) is 4.39 Å². The van der Waals surface area contributed by atoms with Crippen molar-refractivity contribution in [2.24, 2.45) is 0 Å². The number of aromatic amines is 1. The minimum Gasteiger partial charge on any atom is -0.424 e. The van der Waals surface area contributed by atoms with E-state index in [1.54, 1.807) is 12.4 Å². The fraction of sp³-hybridized carbons (Fsp3) is 0. The SMILES string of the molecule is Fc1ccc(Oc2ncc(-c3ccc[nH+]c3)cn2)cc1. The highest BCUT2D eigenvalue weighted by Gasteiger charge is 2.04. The molecule has 0 bridgehead atoms. The van der Waals surface area contributed by atoms with Crippen molar-refractivity contribution in [3.05, 3.63) is 67.0 Å². The van der Waals surface area contributed by atoms with E-state index in [4.69, 9.17) is 4.74 Å². The van der Waals surface area contributed by atoms with E-state index in [0.29, 0.717) is 5.75 Å². The third-order valence-corrected chi connectivity index (χ3v) is 2.69. The Labute approximate surface area is 114 Å². The molecular formula is C15H11FN3O+. The van der Waals surface area contributed by atoms with Gasteiger partial charge in [-0.1, -0.05) is 0 Å². The molecule has 2 aromatic heterocycles. The summed E-state index contributed by atoms with van der Waals surface area (Å²) in [4.78, 5) is 11.3. The molecule has 20 heavy (non-hydrogen) atoms. The normalized spacial score (nSPS) is 10.2.